The van der Waals surface area contributed by atoms with Crippen LogP contribution in [0.5, 0.6) is 0 Å². The highest BCUT2D eigenvalue weighted by Crippen LogP contribution is 2.18. The van der Waals surface area contributed by atoms with Crippen LogP contribution in [-0.4, -0.2) is 47.8 Å². The van der Waals surface area contributed by atoms with Gasteiger partial charge in [0.15, 0.2) is 0 Å². The van der Waals surface area contributed by atoms with Crippen LogP contribution in [-0.2, 0) is 6.42 Å². The molecule has 4 rings (SSSR count). The fourth-order valence-corrected chi connectivity index (χ4v) is 3.62. The quantitative estimate of drug-likeness (QED) is 0.646. The van der Waals surface area contributed by atoms with E-state index >= 15 is 0 Å². The van der Waals surface area contributed by atoms with E-state index in [-0.39, 0.29) is 5.82 Å². The van der Waals surface area contributed by atoms with Gasteiger partial charge in [-0.1, -0.05) is 35.5 Å². The predicted octanol–water partition coefficient (Wildman–Crippen LogP) is 4.02. The fourth-order valence-electron chi connectivity index (χ4n) is 3.62. The summed E-state index contributed by atoms with van der Waals surface area (Å²) >= 11 is 0. The minimum absolute atomic E-state index is 0.184. The summed E-state index contributed by atoms with van der Waals surface area (Å²) in [6.45, 7) is 5.07. The Morgan fingerprint density at radius 2 is 1.75 bits per heavy atom. The third kappa shape index (κ3) is 4.75. The van der Waals surface area contributed by atoms with Crippen molar-refractivity contribution in [2.45, 2.75) is 19.3 Å². The zero-order chi connectivity index (χ0) is 19.2. The average molecular weight is 380 g/mol. The maximum Gasteiger partial charge on any atom is 0.227 e. The molecule has 0 bridgehead atoms. The fraction of sp³-hybridized carbons (Fsp3) is 0.364. The first-order chi connectivity index (χ1) is 13.8. The number of rotatable bonds is 6. The van der Waals surface area contributed by atoms with Gasteiger partial charge in [-0.15, -0.1) is 0 Å². The first kappa shape index (κ1) is 18.6. The average Bonchev–Trinajstić information content (AvgIpc) is 3.08. The Morgan fingerprint density at radius 3 is 2.57 bits per heavy atom. The van der Waals surface area contributed by atoms with Gasteiger partial charge in [-0.05, 0) is 50.2 Å². The number of hydrogen-bond acceptors (Lipinski definition) is 5. The number of anilines is 1. The molecule has 1 aromatic heterocycles. The van der Waals surface area contributed by atoms with Crippen molar-refractivity contribution < 1.29 is 8.91 Å². The maximum atomic E-state index is 13.1. The molecular weight excluding hydrogens is 355 g/mol. The molecule has 1 fully saturated rings. The van der Waals surface area contributed by atoms with Gasteiger partial charge in [0.1, 0.15) is 5.82 Å². The van der Waals surface area contributed by atoms with Gasteiger partial charge in [0.05, 0.1) is 0 Å². The standard InChI is InChI=1S/C22H25FN4O/c23-19-9-11-20(12-10-19)27-15-5-14-26(16-17-27)13-4-8-21-24-22(25-28-21)18-6-2-1-3-7-18/h1-3,6-7,9-12H,4-5,8,13-17H2. The van der Waals surface area contributed by atoms with Crippen molar-refractivity contribution in [2.75, 3.05) is 37.6 Å². The summed E-state index contributed by atoms with van der Waals surface area (Å²) < 4.78 is 18.5. The molecule has 0 unspecified atom stereocenters. The summed E-state index contributed by atoms with van der Waals surface area (Å²) in [5, 5.41) is 4.08. The van der Waals surface area contributed by atoms with Gasteiger partial charge in [-0.3, -0.25) is 0 Å². The molecule has 0 N–H and O–H groups in total. The second kappa shape index (κ2) is 8.97. The van der Waals surface area contributed by atoms with Gasteiger partial charge in [0.2, 0.25) is 11.7 Å². The molecule has 2 aromatic carbocycles. The minimum Gasteiger partial charge on any atom is -0.370 e. The first-order valence-corrected chi connectivity index (χ1v) is 9.89. The lowest BCUT2D eigenvalue weighted by atomic mass is 10.2. The molecule has 3 aromatic rings. The molecule has 0 spiro atoms. The van der Waals surface area contributed by atoms with Crippen LogP contribution < -0.4 is 4.90 Å². The second-order valence-corrected chi connectivity index (χ2v) is 7.14. The molecule has 146 valence electrons. The predicted molar refractivity (Wildman–Crippen MR) is 108 cm³/mol. The largest absolute Gasteiger partial charge is 0.370 e. The third-order valence-electron chi connectivity index (χ3n) is 5.15. The number of nitrogens with zero attached hydrogens (tertiary/aromatic N) is 4. The van der Waals surface area contributed by atoms with E-state index in [0.29, 0.717) is 11.7 Å². The zero-order valence-corrected chi connectivity index (χ0v) is 15.9. The molecule has 0 aliphatic carbocycles. The van der Waals surface area contributed by atoms with E-state index < -0.39 is 0 Å². The van der Waals surface area contributed by atoms with Crippen LogP contribution in [0.25, 0.3) is 11.4 Å². The van der Waals surface area contributed by atoms with Crippen molar-refractivity contribution in [3.8, 4) is 11.4 Å². The van der Waals surface area contributed by atoms with Crippen molar-refractivity contribution in [3.63, 3.8) is 0 Å². The molecule has 0 radical (unpaired) electrons. The van der Waals surface area contributed by atoms with Crippen molar-refractivity contribution >= 4 is 5.69 Å². The van der Waals surface area contributed by atoms with Gasteiger partial charge >= 0.3 is 0 Å². The molecule has 0 amide bonds. The van der Waals surface area contributed by atoms with E-state index in [1.807, 2.05) is 42.5 Å². The molecule has 1 saturated heterocycles. The van der Waals surface area contributed by atoms with Gasteiger partial charge < -0.3 is 14.3 Å². The van der Waals surface area contributed by atoms with Crippen molar-refractivity contribution in [1.29, 1.82) is 0 Å². The summed E-state index contributed by atoms with van der Waals surface area (Å²) in [5.74, 6) is 1.17. The lowest BCUT2D eigenvalue weighted by Gasteiger charge is -2.23. The molecule has 1 aliphatic heterocycles. The van der Waals surface area contributed by atoms with E-state index in [1.165, 1.54) is 12.1 Å². The Balaban J connectivity index is 1.24. The van der Waals surface area contributed by atoms with E-state index in [0.717, 1.165) is 63.2 Å². The van der Waals surface area contributed by atoms with E-state index in [4.69, 9.17) is 4.52 Å². The summed E-state index contributed by atoms with van der Waals surface area (Å²) in [4.78, 5) is 9.33. The Hall–Kier alpha value is -2.73. The summed E-state index contributed by atoms with van der Waals surface area (Å²) in [6.07, 6.45) is 2.89. The SMILES string of the molecule is Fc1ccc(N2CCCN(CCCc3nc(-c4ccccc4)no3)CC2)cc1. The number of aryl methyl sites for hydroxylation is 1. The highest BCUT2D eigenvalue weighted by Gasteiger charge is 2.16. The normalized spacial score (nSPS) is 15.5. The van der Waals surface area contributed by atoms with E-state index in [1.54, 1.807) is 0 Å². The zero-order valence-electron chi connectivity index (χ0n) is 15.9. The van der Waals surface area contributed by atoms with Gasteiger partial charge in [0, 0.05) is 37.3 Å². The van der Waals surface area contributed by atoms with Crippen LogP contribution in [0.15, 0.2) is 59.1 Å². The number of hydrogen-bond donors (Lipinski definition) is 0. The van der Waals surface area contributed by atoms with Crippen LogP contribution >= 0.6 is 0 Å². The Kier molecular flexibility index (Phi) is 5.97. The Bertz CT molecular complexity index is 866. The van der Waals surface area contributed by atoms with Crippen LogP contribution in [0.2, 0.25) is 0 Å². The molecule has 0 saturated carbocycles. The molecule has 5 nitrogen and oxygen atoms in total. The highest BCUT2D eigenvalue weighted by molar-refractivity contribution is 5.53. The lowest BCUT2D eigenvalue weighted by molar-refractivity contribution is 0.282. The minimum atomic E-state index is -0.184. The summed E-state index contributed by atoms with van der Waals surface area (Å²) in [5.41, 5.74) is 2.08. The van der Waals surface area contributed by atoms with Crippen LogP contribution in [0.3, 0.4) is 0 Å². The molecule has 2 heterocycles. The van der Waals surface area contributed by atoms with Crippen molar-refractivity contribution in [2.24, 2.45) is 0 Å². The van der Waals surface area contributed by atoms with Crippen LogP contribution in [0.4, 0.5) is 10.1 Å². The van der Waals surface area contributed by atoms with Crippen LogP contribution in [0.1, 0.15) is 18.7 Å². The molecular formula is C22H25FN4O. The summed E-state index contributed by atoms with van der Waals surface area (Å²) in [6, 6.07) is 16.7. The van der Waals surface area contributed by atoms with Gasteiger partial charge in [0.25, 0.3) is 0 Å². The number of halogens is 1. The van der Waals surface area contributed by atoms with Gasteiger partial charge in [-0.2, -0.15) is 4.98 Å². The second-order valence-electron chi connectivity index (χ2n) is 7.14. The third-order valence-corrected chi connectivity index (χ3v) is 5.15. The lowest BCUT2D eigenvalue weighted by Crippen LogP contribution is -2.31. The van der Waals surface area contributed by atoms with E-state index in [9.17, 15) is 4.39 Å². The topological polar surface area (TPSA) is 45.4 Å². The summed E-state index contributed by atoms with van der Waals surface area (Å²) in [7, 11) is 0. The first-order valence-electron chi connectivity index (χ1n) is 9.89. The number of aromatic nitrogens is 2. The molecule has 0 atom stereocenters. The van der Waals surface area contributed by atoms with Crippen LogP contribution in [0, 0.1) is 5.82 Å². The Labute approximate surface area is 164 Å². The molecule has 1 aliphatic rings. The monoisotopic (exact) mass is 380 g/mol. The Morgan fingerprint density at radius 1 is 0.929 bits per heavy atom. The molecule has 6 heteroatoms. The van der Waals surface area contributed by atoms with Gasteiger partial charge in [-0.25, -0.2) is 4.39 Å². The maximum absolute atomic E-state index is 13.1. The van der Waals surface area contributed by atoms with Crippen molar-refractivity contribution in [1.82, 2.24) is 15.0 Å². The highest BCUT2D eigenvalue weighted by atomic mass is 19.1. The van der Waals surface area contributed by atoms with E-state index in [2.05, 4.69) is 19.9 Å². The molecule has 28 heavy (non-hydrogen) atoms. The van der Waals surface area contributed by atoms with Crippen molar-refractivity contribution in [3.05, 3.63) is 66.3 Å². The number of benzene rings is 2. The smallest absolute Gasteiger partial charge is 0.227 e.